The molecule has 1 aromatic heterocycles. The van der Waals surface area contributed by atoms with Crippen molar-refractivity contribution in [3.63, 3.8) is 0 Å². The molecule has 2 aliphatic rings. The van der Waals surface area contributed by atoms with E-state index in [1.54, 1.807) is 7.11 Å². The van der Waals surface area contributed by atoms with Gasteiger partial charge in [-0.1, -0.05) is 0 Å². The maximum atomic E-state index is 5.65. The highest BCUT2D eigenvalue weighted by Gasteiger charge is 2.27. The highest BCUT2D eigenvalue weighted by molar-refractivity contribution is 5.22. The fourth-order valence-corrected chi connectivity index (χ4v) is 3.52. The summed E-state index contributed by atoms with van der Waals surface area (Å²) in [5.74, 6) is 0.891. The van der Waals surface area contributed by atoms with Crippen LogP contribution < -0.4 is 4.74 Å². The molecule has 5 nitrogen and oxygen atoms in total. The van der Waals surface area contributed by atoms with Crippen LogP contribution in [0.15, 0.2) is 18.3 Å². The molecule has 1 atom stereocenters. The van der Waals surface area contributed by atoms with Gasteiger partial charge in [-0.25, -0.2) is 0 Å². The molecule has 0 spiro atoms. The van der Waals surface area contributed by atoms with E-state index in [2.05, 4.69) is 21.7 Å². The molecule has 2 saturated heterocycles. The minimum Gasteiger partial charge on any atom is -0.497 e. The molecule has 122 valence electrons. The maximum Gasteiger partial charge on any atom is 0.122 e. The molecular formula is C17H27N3O2. The number of hydrogen-bond acceptors (Lipinski definition) is 5. The zero-order valence-electron chi connectivity index (χ0n) is 13.7. The Bertz CT molecular complexity index is 475. The van der Waals surface area contributed by atoms with Crippen LogP contribution in [0.4, 0.5) is 0 Å². The van der Waals surface area contributed by atoms with Gasteiger partial charge in [0.1, 0.15) is 5.75 Å². The Morgan fingerprint density at radius 3 is 2.86 bits per heavy atom. The van der Waals surface area contributed by atoms with E-state index < -0.39 is 0 Å². The Hall–Kier alpha value is -1.17. The Balaban J connectivity index is 1.49. The van der Waals surface area contributed by atoms with Gasteiger partial charge in [0.05, 0.1) is 25.5 Å². The predicted octanol–water partition coefficient (Wildman–Crippen LogP) is 1.78. The summed E-state index contributed by atoms with van der Waals surface area (Å²) in [6.07, 6.45) is 4.71. The van der Waals surface area contributed by atoms with Crippen LogP contribution in [0.5, 0.6) is 5.75 Å². The van der Waals surface area contributed by atoms with Crippen molar-refractivity contribution in [1.82, 2.24) is 14.8 Å². The van der Waals surface area contributed by atoms with Crippen molar-refractivity contribution in [2.24, 2.45) is 0 Å². The number of piperidine rings is 1. The molecular weight excluding hydrogens is 278 g/mol. The summed E-state index contributed by atoms with van der Waals surface area (Å²) in [6, 6.07) is 4.66. The van der Waals surface area contributed by atoms with Crippen LogP contribution in [0.2, 0.25) is 0 Å². The molecule has 0 radical (unpaired) electrons. The van der Waals surface area contributed by atoms with Crippen LogP contribution in [-0.4, -0.2) is 66.8 Å². The zero-order chi connectivity index (χ0) is 15.4. The molecule has 0 N–H and O–H groups in total. The molecule has 1 aromatic rings. The van der Waals surface area contributed by atoms with E-state index in [0.717, 1.165) is 56.8 Å². The van der Waals surface area contributed by atoms with Crippen molar-refractivity contribution in [1.29, 1.82) is 0 Å². The molecule has 5 heteroatoms. The van der Waals surface area contributed by atoms with Crippen molar-refractivity contribution in [2.45, 2.75) is 38.5 Å². The Kier molecular flexibility index (Phi) is 5.28. The quantitative estimate of drug-likeness (QED) is 0.847. The molecule has 2 aliphatic heterocycles. The molecule has 0 amide bonds. The average molecular weight is 305 g/mol. The van der Waals surface area contributed by atoms with Gasteiger partial charge in [0.2, 0.25) is 0 Å². The van der Waals surface area contributed by atoms with E-state index in [0.29, 0.717) is 6.10 Å². The summed E-state index contributed by atoms with van der Waals surface area (Å²) in [7, 11) is 1.70. The summed E-state index contributed by atoms with van der Waals surface area (Å²) < 4.78 is 10.9. The molecule has 3 heterocycles. The first-order valence-corrected chi connectivity index (χ1v) is 8.31. The third-order valence-corrected chi connectivity index (χ3v) is 4.76. The molecule has 0 bridgehead atoms. The number of pyridine rings is 1. The largest absolute Gasteiger partial charge is 0.497 e. The van der Waals surface area contributed by atoms with Crippen LogP contribution >= 0.6 is 0 Å². The zero-order valence-corrected chi connectivity index (χ0v) is 13.7. The Morgan fingerprint density at radius 2 is 2.14 bits per heavy atom. The van der Waals surface area contributed by atoms with E-state index in [1.165, 1.54) is 12.8 Å². The number of methoxy groups -OCH3 is 1. The Morgan fingerprint density at radius 1 is 1.32 bits per heavy atom. The van der Waals surface area contributed by atoms with Gasteiger partial charge in [0, 0.05) is 51.0 Å². The first kappa shape index (κ1) is 15.7. The minimum absolute atomic E-state index is 0.382. The van der Waals surface area contributed by atoms with Crippen LogP contribution in [0.1, 0.15) is 25.5 Å². The lowest BCUT2D eigenvalue weighted by Gasteiger charge is -2.41. The maximum absolute atomic E-state index is 5.65. The standard InChI is InChI=1S/C17H27N3O2/c1-14-12-20(9-10-22-14)16-4-7-19(8-5-16)13-15-11-17(21-2)3-6-18-15/h3,6,11,14,16H,4-5,7-10,12-13H2,1-2H3. The lowest BCUT2D eigenvalue weighted by molar-refractivity contribution is -0.0438. The summed E-state index contributed by atoms with van der Waals surface area (Å²) in [6.45, 7) is 8.45. The van der Waals surface area contributed by atoms with Gasteiger partial charge in [0.15, 0.2) is 0 Å². The molecule has 0 aliphatic carbocycles. The van der Waals surface area contributed by atoms with Gasteiger partial charge in [-0.3, -0.25) is 14.8 Å². The first-order chi connectivity index (χ1) is 10.7. The first-order valence-electron chi connectivity index (χ1n) is 8.31. The van der Waals surface area contributed by atoms with Crippen LogP contribution in [-0.2, 0) is 11.3 Å². The number of morpholine rings is 1. The van der Waals surface area contributed by atoms with Gasteiger partial charge < -0.3 is 9.47 Å². The van der Waals surface area contributed by atoms with E-state index >= 15 is 0 Å². The third-order valence-electron chi connectivity index (χ3n) is 4.76. The van der Waals surface area contributed by atoms with Crippen LogP contribution in [0.3, 0.4) is 0 Å². The highest BCUT2D eigenvalue weighted by atomic mass is 16.5. The summed E-state index contributed by atoms with van der Waals surface area (Å²) in [5, 5.41) is 0. The Labute approximate surface area is 133 Å². The van der Waals surface area contributed by atoms with Gasteiger partial charge in [-0.15, -0.1) is 0 Å². The van der Waals surface area contributed by atoms with Crippen molar-refractivity contribution in [3.05, 3.63) is 24.0 Å². The highest BCUT2D eigenvalue weighted by Crippen LogP contribution is 2.21. The number of ether oxygens (including phenoxy) is 2. The number of nitrogens with zero attached hydrogens (tertiary/aromatic N) is 3. The lowest BCUT2D eigenvalue weighted by Crippen LogP contribution is -2.50. The van der Waals surface area contributed by atoms with Gasteiger partial charge in [-0.05, 0) is 25.8 Å². The van der Waals surface area contributed by atoms with E-state index in [9.17, 15) is 0 Å². The molecule has 2 fully saturated rings. The topological polar surface area (TPSA) is 37.8 Å². The molecule has 0 aromatic carbocycles. The van der Waals surface area contributed by atoms with Gasteiger partial charge in [-0.2, -0.15) is 0 Å². The van der Waals surface area contributed by atoms with Crippen LogP contribution in [0.25, 0.3) is 0 Å². The van der Waals surface area contributed by atoms with E-state index in [4.69, 9.17) is 9.47 Å². The second-order valence-electron chi connectivity index (χ2n) is 6.37. The summed E-state index contributed by atoms with van der Waals surface area (Å²) in [5.41, 5.74) is 1.10. The normalized spacial score (nSPS) is 25.3. The number of likely N-dealkylation sites (tertiary alicyclic amines) is 1. The van der Waals surface area contributed by atoms with Gasteiger partial charge in [0.25, 0.3) is 0 Å². The second kappa shape index (κ2) is 7.40. The van der Waals surface area contributed by atoms with E-state index in [-0.39, 0.29) is 0 Å². The van der Waals surface area contributed by atoms with E-state index in [1.807, 2.05) is 18.3 Å². The van der Waals surface area contributed by atoms with Crippen LogP contribution in [0, 0.1) is 0 Å². The number of hydrogen-bond donors (Lipinski definition) is 0. The molecule has 0 saturated carbocycles. The number of aromatic nitrogens is 1. The molecule has 3 rings (SSSR count). The fourth-order valence-electron chi connectivity index (χ4n) is 3.52. The second-order valence-corrected chi connectivity index (χ2v) is 6.37. The lowest BCUT2D eigenvalue weighted by atomic mass is 10.0. The smallest absolute Gasteiger partial charge is 0.122 e. The average Bonchev–Trinajstić information content (AvgIpc) is 2.56. The molecule has 1 unspecified atom stereocenters. The predicted molar refractivity (Wildman–Crippen MR) is 86.1 cm³/mol. The van der Waals surface area contributed by atoms with Gasteiger partial charge >= 0.3 is 0 Å². The summed E-state index contributed by atoms with van der Waals surface area (Å²) >= 11 is 0. The van der Waals surface area contributed by atoms with Crippen molar-refractivity contribution in [3.8, 4) is 5.75 Å². The van der Waals surface area contributed by atoms with Crippen molar-refractivity contribution < 1.29 is 9.47 Å². The van der Waals surface area contributed by atoms with Crippen molar-refractivity contribution >= 4 is 0 Å². The monoisotopic (exact) mass is 305 g/mol. The molecule has 22 heavy (non-hydrogen) atoms. The third kappa shape index (κ3) is 3.97. The SMILES string of the molecule is COc1ccnc(CN2CCC(N3CCOC(C)C3)CC2)c1. The summed E-state index contributed by atoms with van der Waals surface area (Å²) in [4.78, 5) is 9.57. The number of rotatable bonds is 4. The fraction of sp³-hybridized carbons (Fsp3) is 0.706. The minimum atomic E-state index is 0.382. The van der Waals surface area contributed by atoms with Crippen molar-refractivity contribution in [2.75, 3.05) is 39.9 Å².